The molecule has 1 nitrogen and oxygen atoms in total. The van der Waals surface area contributed by atoms with E-state index in [9.17, 15) is 8.78 Å². The van der Waals surface area contributed by atoms with Crippen molar-refractivity contribution in [3.63, 3.8) is 0 Å². The number of ether oxygens (including phenoxy) is 1. The summed E-state index contributed by atoms with van der Waals surface area (Å²) in [5, 5.41) is 0. The summed E-state index contributed by atoms with van der Waals surface area (Å²) in [6.07, 6.45) is 5.16. The van der Waals surface area contributed by atoms with E-state index in [-0.39, 0.29) is 5.56 Å². The number of hydrogen-bond donors (Lipinski definition) is 0. The fourth-order valence-corrected chi connectivity index (χ4v) is 2.01. The normalized spacial score (nSPS) is 17.7. The SMILES string of the molecule is CCCCCc1cc(F)c2c(c1)OC=CC2F. The van der Waals surface area contributed by atoms with Gasteiger partial charge in [0, 0.05) is 0 Å². The largest absolute Gasteiger partial charge is 0.465 e. The molecule has 0 saturated carbocycles. The lowest BCUT2D eigenvalue weighted by Crippen LogP contribution is -2.04. The van der Waals surface area contributed by atoms with Crippen molar-refractivity contribution >= 4 is 0 Å². The molecule has 1 aliphatic rings. The molecule has 0 fully saturated rings. The van der Waals surface area contributed by atoms with Gasteiger partial charge in [-0.15, -0.1) is 0 Å². The number of unbranched alkanes of at least 4 members (excludes halogenated alkanes) is 2. The maximum Gasteiger partial charge on any atom is 0.153 e. The monoisotopic (exact) mass is 238 g/mol. The predicted octanol–water partition coefficient (Wildman–Crippen LogP) is 4.48. The van der Waals surface area contributed by atoms with Gasteiger partial charge in [0.15, 0.2) is 6.17 Å². The first-order valence-electron chi connectivity index (χ1n) is 6.02. The van der Waals surface area contributed by atoms with E-state index in [1.54, 1.807) is 6.07 Å². The summed E-state index contributed by atoms with van der Waals surface area (Å²) in [5.41, 5.74) is 0.893. The summed E-state index contributed by atoms with van der Waals surface area (Å²) in [4.78, 5) is 0. The van der Waals surface area contributed by atoms with Gasteiger partial charge >= 0.3 is 0 Å². The van der Waals surface area contributed by atoms with Crippen LogP contribution in [0.25, 0.3) is 0 Å². The van der Waals surface area contributed by atoms with Crippen LogP contribution in [0.1, 0.15) is 43.5 Å². The highest BCUT2D eigenvalue weighted by molar-refractivity contribution is 5.43. The fourth-order valence-electron chi connectivity index (χ4n) is 2.01. The van der Waals surface area contributed by atoms with Gasteiger partial charge in [0.25, 0.3) is 0 Å². The van der Waals surface area contributed by atoms with Gasteiger partial charge in [-0.05, 0) is 36.6 Å². The minimum atomic E-state index is -1.40. The highest BCUT2D eigenvalue weighted by atomic mass is 19.1. The number of halogens is 2. The molecule has 0 saturated heterocycles. The second-order valence-corrected chi connectivity index (χ2v) is 4.29. The lowest BCUT2D eigenvalue weighted by atomic mass is 10.0. The average molecular weight is 238 g/mol. The Kier molecular flexibility index (Phi) is 3.77. The Labute approximate surface area is 100 Å². The molecule has 0 spiro atoms. The molecule has 1 aromatic carbocycles. The number of aryl methyl sites for hydroxylation is 1. The molecule has 0 aliphatic carbocycles. The molecule has 0 bridgehead atoms. The van der Waals surface area contributed by atoms with Crippen LogP contribution in [0.4, 0.5) is 8.78 Å². The number of hydrogen-bond acceptors (Lipinski definition) is 1. The van der Waals surface area contributed by atoms with E-state index in [0.29, 0.717) is 5.75 Å². The van der Waals surface area contributed by atoms with Crippen LogP contribution in [0.2, 0.25) is 0 Å². The molecule has 1 aliphatic heterocycles. The third-order valence-electron chi connectivity index (χ3n) is 2.94. The number of alkyl halides is 1. The van der Waals surface area contributed by atoms with E-state index in [0.717, 1.165) is 31.2 Å². The maximum absolute atomic E-state index is 13.7. The Balaban J connectivity index is 2.20. The van der Waals surface area contributed by atoms with E-state index >= 15 is 0 Å². The van der Waals surface area contributed by atoms with Gasteiger partial charge in [-0.25, -0.2) is 8.78 Å². The Hall–Kier alpha value is -1.38. The van der Waals surface area contributed by atoms with Crippen molar-refractivity contribution in [2.45, 2.75) is 38.8 Å². The molecule has 1 atom stereocenters. The zero-order chi connectivity index (χ0) is 12.3. The quantitative estimate of drug-likeness (QED) is 0.703. The summed E-state index contributed by atoms with van der Waals surface area (Å²) >= 11 is 0. The van der Waals surface area contributed by atoms with Crippen LogP contribution in [-0.4, -0.2) is 0 Å². The Morgan fingerprint density at radius 1 is 1.29 bits per heavy atom. The molecule has 2 rings (SSSR count). The van der Waals surface area contributed by atoms with Crippen LogP contribution in [0.3, 0.4) is 0 Å². The number of benzene rings is 1. The number of rotatable bonds is 4. The third kappa shape index (κ3) is 2.65. The second-order valence-electron chi connectivity index (χ2n) is 4.29. The molecule has 1 unspecified atom stereocenters. The zero-order valence-electron chi connectivity index (χ0n) is 9.88. The molecule has 17 heavy (non-hydrogen) atoms. The smallest absolute Gasteiger partial charge is 0.153 e. The molecule has 0 amide bonds. The summed E-state index contributed by atoms with van der Waals surface area (Å²) in [5.74, 6) is -0.197. The van der Waals surface area contributed by atoms with Crippen molar-refractivity contribution in [1.29, 1.82) is 0 Å². The maximum atomic E-state index is 13.7. The number of fused-ring (bicyclic) bond motifs is 1. The second kappa shape index (κ2) is 5.30. The van der Waals surface area contributed by atoms with Crippen molar-refractivity contribution in [2.75, 3.05) is 0 Å². The molecular formula is C14H16F2O. The van der Waals surface area contributed by atoms with Crippen molar-refractivity contribution < 1.29 is 13.5 Å². The van der Waals surface area contributed by atoms with Crippen molar-refractivity contribution in [3.8, 4) is 5.75 Å². The molecule has 0 aromatic heterocycles. The summed E-state index contributed by atoms with van der Waals surface area (Å²) in [6, 6.07) is 3.16. The fraction of sp³-hybridized carbons (Fsp3) is 0.429. The van der Waals surface area contributed by atoms with Gasteiger partial charge in [0.1, 0.15) is 11.6 Å². The van der Waals surface area contributed by atoms with Crippen LogP contribution in [0.15, 0.2) is 24.5 Å². The van der Waals surface area contributed by atoms with E-state index in [1.165, 1.54) is 18.4 Å². The van der Waals surface area contributed by atoms with Crippen molar-refractivity contribution in [1.82, 2.24) is 0 Å². The molecule has 0 N–H and O–H groups in total. The van der Waals surface area contributed by atoms with Gasteiger partial charge in [0.2, 0.25) is 0 Å². The van der Waals surface area contributed by atoms with Crippen LogP contribution >= 0.6 is 0 Å². The van der Waals surface area contributed by atoms with Crippen LogP contribution < -0.4 is 4.74 Å². The zero-order valence-corrected chi connectivity index (χ0v) is 9.88. The first kappa shape index (κ1) is 12.1. The molecule has 1 heterocycles. The Morgan fingerprint density at radius 2 is 2.12 bits per heavy atom. The highest BCUT2D eigenvalue weighted by Gasteiger charge is 2.22. The molecule has 3 heteroatoms. The molecule has 92 valence electrons. The van der Waals surface area contributed by atoms with E-state index in [4.69, 9.17) is 4.74 Å². The predicted molar refractivity (Wildman–Crippen MR) is 63.2 cm³/mol. The lowest BCUT2D eigenvalue weighted by Gasteiger charge is -2.17. The highest BCUT2D eigenvalue weighted by Crippen LogP contribution is 2.36. The van der Waals surface area contributed by atoms with E-state index in [2.05, 4.69) is 6.92 Å². The number of allylic oxidation sites excluding steroid dienone is 1. The summed E-state index contributed by atoms with van der Waals surface area (Å²) < 4.78 is 32.4. The molecular weight excluding hydrogens is 222 g/mol. The minimum absolute atomic E-state index is 0.0201. The van der Waals surface area contributed by atoms with Crippen LogP contribution in [0, 0.1) is 5.82 Å². The van der Waals surface area contributed by atoms with Gasteiger partial charge in [-0.2, -0.15) is 0 Å². The Bertz CT molecular complexity index is 426. The van der Waals surface area contributed by atoms with E-state index in [1.807, 2.05) is 0 Å². The van der Waals surface area contributed by atoms with Crippen LogP contribution in [0.5, 0.6) is 5.75 Å². The van der Waals surface area contributed by atoms with Crippen LogP contribution in [-0.2, 0) is 6.42 Å². The summed E-state index contributed by atoms with van der Waals surface area (Å²) in [7, 11) is 0. The molecule has 0 radical (unpaired) electrons. The van der Waals surface area contributed by atoms with Crippen molar-refractivity contribution in [2.24, 2.45) is 0 Å². The first-order chi connectivity index (χ1) is 8.22. The topological polar surface area (TPSA) is 9.23 Å². The third-order valence-corrected chi connectivity index (χ3v) is 2.94. The Morgan fingerprint density at radius 3 is 2.88 bits per heavy atom. The van der Waals surface area contributed by atoms with Gasteiger partial charge in [0.05, 0.1) is 11.8 Å². The van der Waals surface area contributed by atoms with Gasteiger partial charge in [-0.1, -0.05) is 19.8 Å². The van der Waals surface area contributed by atoms with Gasteiger partial charge in [-0.3, -0.25) is 0 Å². The summed E-state index contributed by atoms with van der Waals surface area (Å²) in [6.45, 7) is 2.12. The lowest BCUT2D eigenvalue weighted by molar-refractivity contribution is 0.347. The molecule has 1 aromatic rings. The first-order valence-corrected chi connectivity index (χ1v) is 6.02. The average Bonchev–Trinajstić information content (AvgIpc) is 2.29. The van der Waals surface area contributed by atoms with Gasteiger partial charge < -0.3 is 4.74 Å². The van der Waals surface area contributed by atoms with E-state index < -0.39 is 12.0 Å². The standard InChI is InChI=1S/C14H16F2O/c1-2-3-4-5-10-8-12(16)14-11(15)6-7-17-13(14)9-10/h6-9,11H,2-5H2,1H3. The minimum Gasteiger partial charge on any atom is -0.465 e. The van der Waals surface area contributed by atoms with Crippen molar-refractivity contribution in [3.05, 3.63) is 41.4 Å².